The number of halogens is 1. The van der Waals surface area contributed by atoms with Gasteiger partial charge in [-0.15, -0.1) is 0 Å². The van der Waals surface area contributed by atoms with E-state index in [4.69, 9.17) is 0 Å². The highest BCUT2D eigenvalue weighted by atomic mass is 32.1. The van der Waals surface area contributed by atoms with Gasteiger partial charge in [-0.05, 0) is 59.5 Å². The van der Waals surface area contributed by atoms with Gasteiger partial charge in [-0.1, -0.05) is 12.1 Å². The van der Waals surface area contributed by atoms with Crippen LogP contribution in [0.3, 0.4) is 0 Å². The first-order valence-electron chi connectivity index (χ1n) is 11.1. The molecule has 8 heteroatoms. The summed E-state index contributed by atoms with van der Waals surface area (Å²) < 4.78 is 13.5. The van der Waals surface area contributed by atoms with Crippen LogP contribution >= 0.6 is 11.3 Å². The molecule has 6 nitrogen and oxygen atoms in total. The van der Waals surface area contributed by atoms with E-state index in [1.165, 1.54) is 23.5 Å². The SMILES string of the molecule is O=C(c1ccsc1)N(Cc1ccc(N2CCN(c3ccccn3)CC2)nc1)c1ccc(F)cc1. The van der Waals surface area contributed by atoms with Crippen molar-refractivity contribution in [2.24, 2.45) is 0 Å². The molecule has 0 spiro atoms. The van der Waals surface area contributed by atoms with Crippen LogP contribution in [0.1, 0.15) is 15.9 Å². The second-order valence-electron chi connectivity index (χ2n) is 8.07. The standard InChI is InChI=1S/C26H24FN5OS/c27-22-5-7-23(8-6-22)32(26(33)21-10-16-34-19-21)18-20-4-9-25(29-17-20)31-14-12-30(13-15-31)24-3-1-2-11-28-24/h1-11,16-17,19H,12-15,18H2. The normalized spacial score (nSPS) is 13.7. The molecule has 4 aromatic rings. The Balaban J connectivity index is 1.28. The van der Waals surface area contributed by atoms with Gasteiger partial charge in [0.05, 0.1) is 12.1 Å². The van der Waals surface area contributed by atoms with Gasteiger partial charge < -0.3 is 14.7 Å². The van der Waals surface area contributed by atoms with Gasteiger partial charge in [-0.25, -0.2) is 14.4 Å². The third-order valence-electron chi connectivity index (χ3n) is 5.88. The number of carbonyl (C=O) groups is 1. The summed E-state index contributed by atoms with van der Waals surface area (Å²) in [6, 6.07) is 17.8. The van der Waals surface area contributed by atoms with Gasteiger partial charge in [0, 0.05) is 49.6 Å². The van der Waals surface area contributed by atoms with Crippen LogP contribution in [0.5, 0.6) is 0 Å². The summed E-state index contributed by atoms with van der Waals surface area (Å²) in [5.74, 6) is 1.46. The van der Waals surface area contributed by atoms with Gasteiger partial charge in [0.25, 0.3) is 5.91 Å². The predicted molar refractivity (Wildman–Crippen MR) is 134 cm³/mol. The Labute approximate surface area is 201 Å². The Morgan fingerprint density at radius 1 is 0.912 bits per heavy atom. The first-order valence-corrected chi connectivity index (χ1v) is 12.1. The Bertz CT molecular complexity index is 1210. The van der Waals surface area contributed by atoms with Crippen molar-refractivity contribution in [2.75, 3.05) is 40.9 Å². The Morgan fingerprint density at radius 3 is 2.24 bits per heavy atom. The van der Waals surface area contributed by atoms with Crippen molar-refractivity contribution in [1.82, 2.24) is 9.97 Å². The summed E-state index contributed by atoms with van der Waals surface area (Å²) in [4.78, 5) is 28.5. The van der Waals surface area contributed by atoms with E-state index in [0.717, 1.165) is 43.4 Å². The second kappa shape index (κ2) is 10.0. The van der Waals surface area contributed by atoms with E-state index in [9.17, 15) is 9.18 Å². The predicted octanol–water partition coefficient (Wildman–Crippen LogP) is 4.85. The highest BCUT2D eigenvalue weighted by Gasteiger charge is 2.21. The molecule has 1 fully saturated rings. The molecule has 3 aromatic heterocycles. The number of piperazine rings is 1. The van der Waals surface area contributed by atoms with E-state index in [1.807, 2.05) is 53.5 Å². The van der Waals surface area contributed by atoms with Crippen LogP contribution in [0.4, 0.5) is 21.7 Å². The number of anilines is 3. The van der Waals surface area contributed by atoms with Crippen molar-refractivity contribution in [2.45, 2.75) is 6.54 Å². The van der Waals surface area contributed by atoms with Crippen molar-refractivity contribution in [3.8, 4) is 0 Å². The van der Waals surface area contributed by atoms with E-state index in [2.05, 4.69) is 19.8 Å². The van der Waals surface area contributed by atoms with Gasteiger partial charge in [-0.3, -0.25) is 4.79 Å². The molecule has 5 rings (SSSR count). The number of pyridine rings is 2. The third-order valence-corrected chi connectivity index (χ3v) is 6.56. The van der Waals surface area contributed by atoms with Crippen molar-refractivity contribution in [1.29, 1.82) is 0 Å². The summed E-state index contributed by atoms with van der Waals surface area (Å²) in [6.45, 7) is 3.84. The summed E-state index contributed by atoms with van der Waals surface area (Å²) >= 11 is 1.47. The molecular formula is C26H24FN5OS. The summed E-state index contributed by atoms with van der Waals surface area (Å²) in [6.07, 6.45) is 3.64. The number of aromatic nitrogens is 2. The molecule has 0 N–H and O–H groups in total. The molecule has 0 unspecified atom stereocenters. The summed E-state index contributed by atoms with van der Waals surface area (Å²) in [5, 5.41) is 3.70. The van der Waals surface area contributed by atoms with Gasteiger partial charge in [0.1, 0.15) is 17.5 Å². The van der Waals surface area contributed by atoms with Crippen LogP contribution in [-0.2, 0) is 6.54 Å². The average Bonchev–Trinajstić information content (AvgIpc) is 3.44. The molecule has 1 aromatic carbocycles. The van der Waals surface area contributed by atoms with E-state index in [0.29, 0.717) is 17.8 Å². The van der Waals surface area contributed by atoms with Crippen molar-refractivity contribution in [3.05, 3.63) is 101 Å². The minimum atomic E-state index is -0.333. The van der Waals surface area contributed by atoms with Crippen molar-refractivity contribution < 1.29 is 9.18 Å². The maximum absolute atomic E-state index is 13.5. The minimum Gasteiger partial charge on any atom is -0.353 e. The molecule has 1 saturated heterocycles. The maximum atomic E-state index is 13.5. The van der Waals surface area contributed by atoms with Crippen LogP contribution in [0.15, 0.2) is 83.8 Å². The molecule has 1 amide bonds. The number of rotatable bonds is 6. The Morgan fingerprint density at radius 2 is 1.65 bits per heavy atom. The largest absolute Gasteiger partial charge is 0.353 e. The topological polar surface area (TPSA) is 52.6 Å². The zero-order chi connectivity index (χ0) is 23.3. The second-order valence-corrected chi connectivity index (χ2v) is 8.85. The van der Waals surface area contributed by atoms with Gasteiger partial charge in [-0.2, -0.15) is 11.3 Å². The molecule has 0 saturated carbocycles. The first kappa shape index (κ1) is 22.0. The molecule has 172 valence electrons. The zero-order valence-electron chi connectivity index (χ0n) is 18.5. The van der Waals surface area contributed by atoms with Crippen LogP contribution in [0.2, 0.25) is 0 Å². The molecular weight excluding hydrogens is 449 g/mol. The molecule has 0 radical (unpaired) electrons. The maximum Gasteiger partial charge on any atom is 0.259 e. The first-order chi connectivity index (χ1) is 16.7. The number of benzene rings is 1. The lowest BCUT2D eigenvalue weighted by atomic mass is 10.2. The van der Waals surface area contributed by atoms with Crippen LogP contribution in [0.25, 0.3) is 0 Å². The number of hydrogen-bond acceptors (Lipinski definition) is 6. The fourth-order valence-electron chi connectivity index (χ4n) is 4.03. The summed E-state index contributed by atoms with van der Waals surface area (Å²) in [5.41, 5.74) is 2.17. The van der Waals surface area contributed by atoms with Crippen molar-refractivity contribution in [3.63, 3.8) is 0 Å². The lowest BCUT2D eigenvalue weighted by molar-refractivity contribution is 0.0985. The molecule has 1 aliphatic rings. The van der Waals surface area contributed by atoms with Gasteiger partial charge in [0.2, 0.25) is 0 Å². The Kier molecular flexibility index (Phi) is 6.49. The number of thiophene rings is 1. The highest BCUT2D eigenvalue weighted by Crippen LogP contribution is 2.23. The molecule has 0 atom stereocenters. The minimum absolute atomic E-state index is 0.123. The third kappa shape index (κ3) is 4.92. The molecule has 34 heavy (non-hydrogen) atoms. The fourth-order valence-corrected chi connectivity index (χ4v) is 4.66. The fraction of sp³-hybridized carbons (Fsp3) is 0.192. The number of carbonyl (C=O) groups excluding carboxylic acids is 1. The number of hydrogen-bond donors (Lipinski definition) is 0. The average molecular weight is 474 g/mol. The van der Waals surface area contributed by atoms with E-state index < -0.39 is 0 Å². The van der Waals surface area contributed by atoms with Crippen molar-refractivity contribution >= 4 is 34.6 Å². The zero-order valence-corrected chi connectivity index (χ0v) is 19.4. The summed E-state index contributed by atoms with van der Waals surface area (Å²) in [7, 11) is 0. The quantitative estimate of drug-likeness (QED) is 0.401. The van der Waals surface area contributed by atoms with Crippen LogP contribution in [-0.4, -0.2) is 42.1 Å². The monoisotopic (exact) mass is 473 g/mol. The van der Waals surface area contributed by atoms with Crippen LogP contribution < -0.4 is 14.7 Å². The number of amides is 1. The lowest BCUT2D eigenvalue weighted by Crippen LogP contribution is -2.47. The Hall–Kier alpha value is -3.78. The van der Waals surface area contributed by atoms with Gasteiger partial charge in [0.15, 0.2) is 0 Å². The van der Waals surface area contributed by atoms with E-state index in [1.54, 1.807) is 23.1 Å². The van der Waals surface area contributed by atoms with Crippen LogP contribution in [0, 0.1) is 5.82 Å². The van der Waals surface area contributed by atoms with E-state index in [-0.39, 0.29) is 11.7 Å². The number of nitrogens with zero attached hydrogens (tertiary/aromatic N) is 5. The highest BCUT2D eigenvalue weighted by molar-refractivity contribution is 7.08. The van der Waals surface area contributed by atoms with E-state index >= 15 is 0 Å². The smallest absolute Gasteiger partial charge is 0.259 e. The molecule has 4 heterocycles. The lowest BCUT2D eigenvalue weighted by Gasteiger charge is -2.36. The van der Waals surface area contributed by atoms with Gasteiger partial charge >= 0.3 is 0 Å². The molecule has 0 bridgehead atoms. The molecule has 1 aliphatic heterocycles. The molecule has 0 aliphatic carbocycles.